The lowest BCUT2D eigenvalue weighted by molar-refractivity contribution is -0.122. The number of ether oxygens (including phenoxy) is 1. The van der Waals surface area contributed by atoms with Crippen LogP contribution < -0.4 is 4.74 Å². The van der Waals surface area contributed by atoms with E-state index in [4.69, 9.17) is 39.5 Å². The topological polar surface area (TPSA) is 63.7 Å². The van der Waals surface area contributed by atoms with Gasteiger partial charge >= 0.3 is 0 Å². The highest BCUT2D eigenvalue weighted by Gasteiger charge is 2.36. The van der Waals surface area contributed by atoms with Gasteiger partial charge in [-0.1, -0.05) is 53.0 Å². The summed E-state index contributed by atoms with van der Waals surface area (Å²) in [5.41, 5.74) is 1.83. The Labute approximate surface area is 215 Å². The second-order valence-electron chi connectivity index (χ2n) is 7.29. The molecule has 2 amide bonds. The van der Waals surface area contributed by atoms with E-state index in [2.05, 4.69) is 0 Å². The molecule has 0 unspecified atom stereocenters. The van der Waals surface area contributed by atoms with Crippen molar-refractivity contribution in [1.29, 1.82) is 0 Å². The van der Waals surface area contributed by atoms with Gasteiger partial charge in [0, 0.05) is 26.2 Å². The molecular formula is C25H16Cl3NO4S. The van der Waals surface area contributed by atoms with Crippen LogP contribution in [0, 0.1) is 0 Å². The number of hydrogen-bond acceptors (Lipinski definition) is 5. The van der Waals surface area contributed by atoms with E-state index >= 15 is 0 Å². The van der Waals surface area contributed by atoms with Crippen LogP contribution in [0.15, 0.2) is 71.6 Å². The molecule has 0 atom stereocenters. The molecule has 9 heteroatoms. The number of benzene rings is 3. The van der Waals surface area contributed by atoms with Crippen molar-refractivity contribution in [2.24, 2.45) is 0 Å². The van der Waals surface area contributed by atoms with Gasteiger partial charge in [-0.2, -0.15) is 0 Å². The average molecular weight is 533 g/mol. The molecule has 3 aromatic carbocycles. The van der Waals surface area contributed by atoms with Crippen molar-refractivity contribution >= 4 is 69.6 Å². The summed E-state index contributed by atoms with van der Waals surface area (Å²) < 4.78 is 5.82. The number of amides is 2. The van der Waals surface area contributed by atoms with Gasteiger partial charge in [0.25, 0.3) is 11.1 Å². The average Bonchev–Trinajstić information content (AvgIpc) is 3.06. The first-order valence-electron chi connectivity index (χ1n) is 10.0. The van der Waals surface area contributed by atoms with E-state index in [1.807, 2.05) is 0 Å². The third-order valence-corrected chi connectivity index (χ3v) is 6.65. The zero-order chi connectivity index (χ0) is 24.2. The highest BCUT2D eigenvalue weighted by atomic mass is 35.5. The van der Waals surface area contributed by atoms with Gasteiger partial charge in [0.2, 0.25) is 0 Å². The Bertz CT molecular complexity index is 1310. The third-order valence-electron chi connectivity index (χ3n) is 4.91. The molecule has 5 nitrogen and oxygen atoms in total. The molecule has 172 valence electrons. The minimum Gasteiger partial charge on any atom is -0.489 e. The molecule has 0 N–H and O–H groups in total. The summed E-state index contributed by atoms with van der Waals surface area (Å²) in [5.74, 6) is -0.301. The molecule has 1 aliphatic rings. The van der Waals surface area contributed by atoms with Crippen LogP contribution in [0.1, 0.15) is 21.5 Å². The lowest BCUT2D eigenvalue weighted by Crippen LogP contribution is -2.33. The number of nitrogens with zero attached hydrogens (tertiary/aromatic N) is 1. The van der Waals surface area contributed by atoms with Crippen molar-refractivity contribution in [3.8, 4) is 5.75 Å². The third kappa shape index (κ3) is 5.83. The fraction of sp³-hybridized carbons (Fsp3) is 0.0800. The number of rotatable bonds is 7. The Kier molecular flexibility index (Phi) is 7.63. The maximum atomic E-state index is 12.8. The normalized spacial score (nSPS) is 14.7. The molecule has 3 aromatic rings. The van der Waals surface area contributed by atoms with Gasteiger partial charge in [-0.3, -0.25) is 19.3 Å². The fourth-order valence-electron chi connectivity index (χ4n) is 3.15. The summed E-state index contributed by atoms with van der Waals surface area (Å²) in [6.07, 6.45) is 1.60. The van der Waals surface area contributed by atoms with E-state index in [-0.39, 0.29) is 23.8 Å². The molecule has 1 fully saturated rings. The first kappa shape index (κ1) is 24.4. The van der Waals surface area contributed by atoms with Gasteiger partial charge < -0.3 is 4.74 Å². The first-order chi connectivity index (χ1) is 16.3. The molecule has 34 heavy (non-hydrogen) atoms. The molecule has 0 radical (unpaired) electrons. The van der Waals surface area contributed by atoms with Crippen LogP contribution in [0.2, 0.25) is 15.1 Å². The number of thioether (sulfide) groups is 1. The van der Waals surface area contributed by atoms with Gasteiger partial charge in [0.05, 0.1) is 11.4 Å². The highest BCUT2D eigenvalue weighted by Crippen LogP contribution is 2.33. The lowest BCUT2D eigenvalue weighted by Gasteiger charge is -2.11. The van der Waals surface area contributed by atoms with Gasteiger partial charge in [-0.15, -0.1) is 0 Å². The second-order valence-corrected chi connectivity index (χ2v) is 9.57. The summed E-state index contributed by atoms with van der Waals surface area (Å²) in [6.45, 7) is -0.0998. The van der Waals surface area contributed by atoms with Crippen LogP contribution in [-0.4, -0.2) is 28.4 Å². The van der Waals surface area contributed by atoms with E-state index in [9.17, 15) is 14.4 Å². The molecule has 0 saturated carbocycles. The van der Waals surface area contributed by atoms with Crippen LogP contribution in [0.5, 0.6) is 5.75 Å². The minimum absolute atomic E-state index is 0.229. The predicted octanol–water partition coefficient (Wildman–Crippen LogP) is 7.15. The number of halogens is 3. The SMILES string of the molecule is O=C(CN1C(=O)S/C(=C/c2cccc(OCc3ccc(Cl)cc3Cl)c2)C1=O)c1ccc(Cl)cc1. The standard InChI is InChI=1S/C25H16Cl3NO4S/c26-18-7-4-16(5-8-18)22(30)13-29-24(31)23(34-25(29)32)11-15-2-1-3-20(10-15)33-14-17-6-9-19(27)12-21(17)28/h1-12H,13-14H2/b23-11+. The van der Waals surface area contributed by atoms with Crippen molar-refractivity contribution in [1.82, 2.24) is 4.90 Å². The van der Waals surface area contributed by atoms with Crippen LogP contribution in [-0.2, 0) is 11.4 Å². The Hall–Kier alpha value is -2.77. The van der Waals surface area contributed by atoms with Crippen molar-refractivity contribution in [3.05, 3.63) is 103 Å². The molecular weight excluding hydrogens is 517 g/mol. The van der Waals surface area contributed by atoms with Gasteiger partial charge in [0.15, 0.2) is 5.78 Å². The minimum atomic E-state index is -0.517. The van der Waals surface area contributed by atoms with E-state index in [1.165, 1.54) is 0 Å². The smallest absolute Gasteiger partial charge is 0.293 e. The molecule has 1 heterocycles. The van der Waals surface area contributed by atoms with Crippen molar-refractivity contribution in [2.45, 2.75) is 6.61 Å². The van der Waals surface area contributed by atoms with Crippen LogP contribution in [0.25, 0.3) is 6.08 Å². The predicted molar refractivity (Wildman–Crippen MR) is 136 cm³/mol. The zero-order valence-electron chi connectivity index (χ0n) is 17.5. The highest BCUT2D eigenvalue weighted by molar-refractivity contribution is 8.18. The quantitative estimate of drug-likeness (QED) is 0.239. The molecule has 4 rings (SSSR count). The number of carbonyl (C=O) groups is 3. The number of imide groups is 1. The fourth-order valence-corrected chi connectivity index (χ4v) is 4.58. The molecule has 1 aliphatic heterocycles. The zero-order valence-corrected chi connectivity index (χ0v) is 20.5. The number of hydrogen-bond donors (Lipinski definition) is 0. The van der Waals surface area contributed by atoms with Gasteiger partial charge in [-0.25, -0.2) is 0 Å². The van der Waals surface area contributed by atoms with E-state index in [0.717, 1.165) is 22.2 Å². The van der Waals surface area contributed by atoms with Crippen LogP contribution >= 0.6 is 46.6 Å². The van der Waals surface area contributed by atoms with E-state index in [0.29, 0.717) is 31.9 Å². The van der Waals surface area contributed by atoms with E-state index < -0.39 is 11.1 Å². The molecule has 0 aromatic heterocycles. The summed E-state index contributed by atoms with van der Waals surface area (Å²) in [6, 6.07) is 18.5. The monoisotopic (exact) mass is 531 g/mol. The summed E-state index contributed by atoms with van der Waals surface area (Å²) in [7, 11) is 0. The summed E-state index contributed by atoms with van der Waals surface area (Å²) in [4.78, 5) is 38.8. The van der Waals surface area contributed by atoms with E-state index in [1.54, 1.807) is 72.8 Å². The molecule has 0 aliphatic carbocycles. The largest absolute Gasteiger partial charge is 0.489 e. The summed E-state index contributed by atoms with van der Waals surface area (Å²) >= 11 is 18.7. The van der Waals surface area contributed by atoms with Crippen LogP contribution in [0.4, 0.5) is 4.79 Å². The Balaban J connectivity index is 1.44. The molecule has 1 saturated heterocycles. The van der Waals surface area contributed by atoms with Crippen molar-refractivity contribution < 1.29 is 19.1 Å². The maximum absolute atomic E-state index is 12.8. The number of carbonyl (C=O) groups excluding carboxylic acids is 3. The summed E-state index contributed by atoms with van der Waals surface area (Å²) in [5, 5.41) is 1.04. The Morgan fingerprint density at radius 2 is 1.68 bits per heavy atom. The molecule has 0 bridgehead atoms. The second kappa shape index (κ2) is 10.7. The lowest BCUT2D eigenvalue weighted by atomic mass is 10.1. The Morgan fingerprint density at radius 1 is 0.941 bits per heavy atom. The maximum Gasteiger partial charge on any atom is 0.293 e. The van der Waals surface area contributed by atoms with Gasteiger partial charge in [0.1, 0.15) is 12.4 Å². The van der Waals surface area contributed by atoms with Crippen molar-refractivity contribution in [2.75, 3.05) is 6.54 Å². The van der Waals surface area contributed by atoms with Crippen LogP contribution in [0.3, 0.4) is 0 Å². The van der Waals surface area contributed by atoms with Gasteiger partial charge in [-0.05, 0) is 71.9 Å². The number of ketones is 1. The van der Waals surface area contributed by atoms with Crippen molar-refractivity contribution in [3.63, 3.8) is 0 Å². The molecule has 0 spiro atoms. The first-order valence-corrected chi connectivity index (χ1v) is 12.0. The Morgan fingerprint density at radius 3 is 2.41 bits per heavy atom. The number of Topliss-reactive ketones (excluding diaryl/α,β-unsaturated/α-hetero) is 1.